The number of rotatable bonds is 5. The molecule has 0 spiro atoms. The molecule has 14 heavy (non-hydrogen) atoms. The van der Waals surface area contributed by atoms with E-state index in [9.17, 15) is 4.79 Å². The quantitative estimate of drug-likeness (QED) is 0.596. The van der Waals surface area contributed by atoms with Gasteiger partial charge in [0.15, 0.2) is 5.78 Å². The van der Waals surface area contributed by atoms with Gasteiger partial charge in [0.05, 0.1) is 12.4 Å². The van der Waals surface area contributed by atoms with E-state index in [0.29, 0.717) is 11.5 Å². The van der Waals surface area contributed by atoms with Crippen LogP contribution in [-0.4, -0.2) is 29.0 Å². The fraction of sp³-hybridized carbons (Fsp3) is 0.364. The number of Topliss-reactive ketones (excluding diaryl/α,β-unsaturated/α-hetero) is 1. The van der Waals surface area contributed by atoms with Crippen molar-refractivity contribution in [1.29, 1.82) is 0 Å². The number of aliphatic hydroxyl groups excluding tert-OH is 1. The van der Waals surface area contributed by atoms with Gasteiger partial charge in [-0.05, 0) is 13.0 Å². The second-order valence-electron chi connectivity index (χ2n) is 3.07. The highest BCUT2D eigenvalue weighted by molar-refractivity contribution is 8.00. The van der Waals surface area contributed by atoms with Gasteiger partial charge in [0.2, 0.25) is 0 Å². The Morgan fingerprint density at radius 2 is 2.29 bits per heavy atom. The molecule has 1 rings (SSSR count). The first kappa shape index (κ1) is 11.3. The Morgan fingerprint density at radius 1 is 1.50 bits per heavy atom. The number of hydrogen-bond donors (Lipinski definition) is 1. The molecule has 0 unspecified atom stereocenters. The molecule has 1 N–H and O–H groups in total. The van der Waals surface area contributed by atoms with Crippen LogP contribution in [0.5, 0.6) is 0 Å². The molecule has 76 valence electrons. The number of hydrogen-bond acceptors (Lipinski definition) is 3. The van der Waals surface area contributed by atoms with Crippen molar-refractivity contribution in [2.24, 2.45) is 0 Å². The lowest BCUT2D eigenvalue weighted by molar-refractivity contribution is 0.102. The molecule has 1 aromatic carbocycles. The minimum absolute atomic E-state index is 0.131. The van der Waals surface area contributed by atoms with Gasteiger partial charge in [0, 0.05) is 11.3 Å². The summed E-state index contributed by atoms with van der Waals surface area (Å²) in [7, 11) is 0. The maximum atomic E-state index is 11.6. The van der Waals surface area contributed by atoms with Crippen LogP contribution in [0.2, 0.25) is 0 Å². The molecule has 0 heterocycles. The summed E-state index contributed by atoms with van der Waals surface area (Å²) in [4.78, 5) is 11.6. The number of carbonyl (C=O) groups excluding carboxylic acids is 1. The normalized spacial score (nSPS) is 10.1. The van der Waals surface area contributed by atoms with E-state index in [1.165, 1.54) is 11.8 Å². The predicted molar refractivity (Wildman–Crippen MR) is 59.9 cm³/mol. The highest BCUT2D eigenvalue weighted by Crippen LogP contribution is 2.08. The number of benzene rings is 1. The Balaban J connectivity index is 2.52. The first-order chi connectivity index (χ1) is 6.74. The van der Waals surface area contributed by atoms with Crippen molar-refractivity contribution in [3.05, 3.63) is 35.4 Å². The molecule has 0 bridgehead atoms. The van der Waals surface area contributed by atoms with Crippen molar-refractivity contribution in [3.8, 4) is 0 Å². The largest absolute Gasteiger partial charge is 0.396 e. The zero-order valence-corrected chi connectivity index (χ0v) is 9.01. The van der Waals surface area contributed by atoms with E-state index in [4.69, 9.17) is 5.11 Å². The van der Waals surface area contributed by atoms with Crippen molar-refractivity contribution < 1.29 is 9.90 Å². The summed E-state index contributed by atoms with van der Waals surface area (Å²) in [5, 5.41) is 8.56. The van der Waals surface area contributed by atoms with Crippen LogP contribution < -0.4 is 0 Å². The highest BCUT2D eigenvalue weighted by Gasteiger charge is 2.04. The van der Waals surface area contributed by atoms with Gasteiger partial charge in [0.1, 0.15) is 0 Å². The molecule has 0 amide bonds. The summed E-state index contributed by atoms with van der Waals surface area (Å²) >= 11 is 1.46. The van der Waals surface area contributed by atoms with E-state index in [2.05, 4.69) is 0 Å². The topological polar surface area (TPSA) is 37.3 Å². The molecule has 0 aliphatic rings. The SMILES string of the molecule is Cc1cccc(C(=O)CSCCO)c1. The van der Waals surface area contributed by atoms with Gasteiger partial charge >= 0.3 is 0 Å². The summed E-state index contributed by atoms with van der Waals surface area (Å²) in [5.41, 5.74) is 1.86. The van der Waals surface area contributed by atoms with Crippen molar-refractivity contribution >= 4 is 17.5 Å². The molecule has 0 aliphatic heterocycles. The predicted octanol–water partition coefficient (Wildman–Crippen LogP) is 1.90. The van der Waals surface area contributed by atoms with E-state index >= 15 is 0 Å². The molecule has 0 fully saturated rings. The second kappa shape index (κ2) is 5.83. The van der Waals surface area contributed by atoms with Gasteiger partial charge in [-0.1, -0.05) is 23.8 Å². The highest BCUT2D eigenvalue weighted by atomic mass is 32.2. The first-order valence-electron chi connectivity index (χ1n) is 4.52. The van der Waals surface area contributed by atoms with Gasteiger partial charge in [-0.3, -0.25) is 4.79 Å². The lowest BCUT2D eigenvalue weighted by atomic mass is 10.1. The Hall–Kier alpha value is -0.800. The smallest absolute Gasteiger partial charge is 0.172 e. The van der Waals surface area contributed by atoms with Crippen LogP contribution in [0, 0.1) is 6.92 Å². The maximum Gasteiger partial charge on any atom is 0.172 e. The molecule has 0 saturated heterocycles. The third kappa shape index (κ3) is 3.52. The lowest BCUT2D eigenvalue weighted by Gasteiger charge is -2.01. The number of carbonyl (C=O) groups is 1. The Labute approximate surface area is 88.3 Å². The molecule has 0 saturated carbocycles. The van der Waals surface area contributed by atoms with Crippen LogP contribution in [0.1, 0.15) is 15.9 Å². The molecular weight excluding hydrogens is 196 g/mol. The second-order valence-corrected chi connectivity index (χ2v) is 4.17. The van der Waals surface area contributed by atoms with E-state index < -0.39 is 0 Å². The lowest BCUT2D eigenvalue weighted by Crippen LogP contribution is -2.03. The van der Waals surface area contributed by atoms with Crippen LogP contribution >= 0.6 is 11.8 Å². The summed E-state index contributed by atoms with van der Waals surface area (Å²) in [5.74, 6) is 1.20. The Kier molecular flexibility index (Phi) is 4.70. The summed E-state index contributed by atoms with van der Waals surface area (Å²) < 4.78 is 0. The van der Waals surface area contributed by atoms with Crippen LogP contribution in [0.25, 0.3) is 0 Å². The molecule has 0 atom stereocenters. The minimum atomic E-state index is 0.131. The molecule has 3 heteroatoms. The fourth-order valence-corrected chi connectivity index (χ4v) is 1.76. The number of aryl methyl sites for hydroxylation is 1. The zero-order valence-electron chi connectivity index (χ0n) is 8.19. The van der Waals surface area contributed by atoms with Crippen molar-refractivity contribution in [3.63, 3.8) is 0 Å². The summed E-state index contributed by atoms with van der Waals surface area (Å²) in [6.07, 6.45) is 0. The standard InChI is InChI=1S/C11H14O2S/c1-9-3-2-4-10(7-9)11(13)8-14-6-5-12/h2-4,7,12H,5-6,8H2,1H3. The van der Waals surface area contributed by atoms with Gasteiger partial charge in [-0.25, -0.2) is 0 Å². The fourth-order valence-electron chi connectivity index (χ4n) is 1.13. The van der Waals surface area contributed by atoms with Crippen LogP contribution in [-0.2, 0) is 0 Å². The Morgan fingerprint density at radius 3 is 2.93 bits per heavy atom. The number of aliphatic hydroxyl groups is 1. The number of thioether (sulfide) groups is 1. The van der Waals surface area contributed by atoms with Gasteiger partial charge in [-0.2, -0.15) is 11.8 Å². The number of ketones is 1. The van der Waals surface area contributed by atoms with Crippen LogP contribution in [0.4, 0.5) is 0 Å². The molecule has 0 aliphatic carbocycles. The average Bonchev–Trinajstić information content (AvgIpc) is 2.18. The third-order valence-electron chi connectivity index (χ3n) is 1.81. The third-order valence-corrected chi connectivity index (χ3v) is 2.75. The van der Waals surface area contributed by atoms with E-state index in [0.717, 1.165) is 11.1 Å². The first-order valence-corrected chi connectivity index (χ1v) is 5.68. The molecule has 2 nitrogen and oxygen atoms in total. The van der Waals surface area contributed by atoms with E-state index in [1.54, 1.807) is 0 Å². The average molecular weight is 210 g/mol. The zero-order chi connectivity index (χ0) is 10.4. The van der Waals surface area contributed by atoms with Crippen LogP contribution in [0.15, 0.2) is 24.3 Å². The van der Waals surface area contributed by atoms with E-state index in [1.807, 2.05) is 31.2 Å². The minimum Gasteiger partial charge on any atom is -0.396 e. The maximum absolute atomic E-state index is 11.6. The molecule has 1 aromatic rings. The monoisotopic (exact) mass is 210 g/mol. The molecule has 0 aromatic heterocycles. The molecule has 0 radical (unpaired) electrons. The molecular formula is C11H14O2S. The summed E-state index contributed by atoms with van der Waals surface area (Å²) in [6, 6.07) is 7.58. The van der Waals surface area contributed by atoms with Gasteiger partial charge < -0.3 is 5.11 Å². The van der Waals surface area contributed by atoms with Crippen molar-refractivity contribution in [2.75, 3.05) is 18.1 Å². The summed E-state index contributed by atoms with van der Waals surface area (Å²) in [6.45, 7) is 2.10. The van der Waals surface area contributed by atoms with Crippen LogP contribution in [0.3, 0.4) is 0 Å². The van der Waals surface area contributed by atoms with Gasteiger partial charge in [0.25, 0.3) is 0 Å². The Bertz CT molecular complexity index is 310. The van der Waals surface area contributed by atoms with E-state index in [-0.39, 0.29) is 12.4 Å². The van der Waals surface area contributed by atoms with Gasteiger partial charge in [-0.15, -0.1) is 0 Å². The van der Waals surface area contributed by atoms with Crippen molar-refractivity contribution in [2.45, 2.75) is 6.92 Å². The van der Waals surface area contributed by atoms with Crippen molar-refractivity contribution in [1.82, 2.24) is 0 Å².